The van der Waals surface area contributed by atoms with Crippen molar-refractivity contribution in [3.63, 3.8) is 0 Å². The van der Waals surface area contributed by atoms with Crippen LogP contribution in [0.5, 0.6) is 5.75 Å². The number of rotatable bonds is 4. The molecule has 0 aliphatic heterocycles. The number of carbonyl (C=O) groups is 1. The van der Waals surface area contributed by atoms with Crippen molar-refractivity contribution in [3.05, 3.63) is 17.7 Å². The summed E-state index contributed by atoms with van der Waals surface area (Å²) in [6.07, 6.45) is 0.919. The van der Waals surface area contributed by atoms with Crippen LogP contribution in [0.15, 0.2) is 12.1 Å². The Morgan fingerprint density at radius 3 is 2.57 bits per heavy atom. The van der Waals surface area contributed by atoms with Gasteiger partial charge in [-0.25, -0.2) is 4.98 Å². The Morgan fingerprint density at radius 2 is 2.05 bits per heavy atom. The molecule has 1 aromatic carbocycles. The van der Waals surface area contributed by atoms with E-state index in [4.69, 9.17) is 16.2 Å². The van der Waals surface area contributed by atoms with Crippen molar-refractivity contribution in [2.45, 2.75) is 46.3 Å². The fourth-order valence-electron chi connectivity index (χ4n) is 2.25. The lowest BCUT2D eigenvalue weighted by Crippen LogP contribution is -2.24. The van der Waals surface area contributed by atoms with E-state index in [0.29, 0.717) is 22.8 Å². The summed E-state index contributed by atoms with van der Waals surface area (Å²) in [4.78, 5) is 15.8. The minimum Gasteiger partial charge on any atom is -0.486 e. The average Bonchev–Trinajstić information content (AvgIpc) is 2.64. The summed E-state index contributed by atoms with van der Waals surface area (Å²) in [7, 11) is 0. The highest BCUT2D eigenvalue weighted by molar-refractivity contribution is 5.98. The smallest absolute Gasteiger partial charge is 0.248 e. The molecule has 1 amide bonds. The first-order chi connectivity index (χ1) is 9.73. The molecule has 114 valence electrons. The molecule has 0 atom stereocenters. The molecule has 0 saturated heterocycles. The zero-order chi connectivity index (χ0) is 15.8. The molecule has 0 bridgehead atoms. The lowest BCUT2D eigenvalue weighted by atomic mass is 10.1. The lowest BCUT2D eigenvalue weighted by molar-refractivity contribution is 0.0997. The molecule has 0 saturated carbocycles. The number of anilines is 1. The molecule has 6 heteroatoms. The molecule has 1 heterocycles. The van der Waals surface area contributed by atoms with E-state index in [9.17, 15) is 4.79 Å². The number of nitrogen functional groups attached to an aromatic ring is 1. The molecule has 21 heavy (non-hydrogen) atoms. The number of aryl methyl sites for hydroxylation is 1. The molecule has 1 aromatic heterocycles. The predicted octanol–water partition coefficient (Wildman–Crippen LogP) is 2.30. The molecule has 0 aliphatic carbocycles. The number of imidazole rings is 1. The molecular formula is C15H22N4O2. The van der Waals surface area contributed by atoms with Crippen LogP contribution in [-0.4, -0.2) is 21.1 Å². The number of fused-ring (bicyclic) bond motifs is 1. The zero-order valence-electron chi connectivity index (χ0n) is 12.9. The molecule has 2 aromatic rings. The lowest BCUT2D eigenvalue weighted by Gasteiger charge is -2.22. The van der Waals surface area contributed by atoms with Crippen molar-refractivity contribution in [2.24, 2.45) is 5.73 Å². The maximum absolute atomic E-state index is 11.5. The Kier molecular flexibility index (Phi) is 3.80. The van der Waals surface area contributed by atoms with Gasteiger partial charge in [0.1, 0.15) is 16.9 Å². The topological polar surface area (TPSA) is 96.2 Å². The first-order valence-electron chi connectivity index (χ1n) is 7.01. The van der Waals surface area contributed by atoms with Crippen LogP contribution >= 0.6 is 0 Å². The highest BCUT2D eigenvalue weighted by Crippen LogP contribution is 2.32. The van der Waals surface area contributed by atoms with E-state index in [0.717, 1.165) is 18.5 Å². The normalized spacial score (nSPS) is 11.8. The van der Waals surface area contributed by atoms with Crippen LogP contribution in [-0.2, 0) is 6.54 Å². The van der Waals surface area contributed by atoms with E-state index >= 15 is 0 Å². The fraction of sp³-hybridized carbons (Fsp3) is 0.467. The Bertz CT molecular complexity index is 683. The van der Waals surface area contributed by atoms with E-state index in [-0.39, 0.29) is 0 Å². The van der Waals surface area contributed by atoms with Crippen molar-refractivity contribution in [3.8, 4) is 5.75 Å². The number of nitrogens with two attached hydrogens (primary N) is 2. The third-order valence-corrected chi connectivity index (χ3v) is 2.98. The molecule has 4 N–H and O–H groups in total. The third-order valence-electron chi connectivity index (χ3n) is 2.98. The van der Waals surface area contributed by atoms with Crippen LogP contribution in [0.4, 0.5) is 5.95 Å². The Labute approximate surface area is 124 Å². The first kappa shape index (κ1) is 15.2. The summed E-state index contributed by atoms with van der Waals surface area (Å²) in [5.74, 6) is 0.470. The molecule has 0 unspecified atom stereocenters. The van der Waals surface area contributed by atoms with Crippen LogP contribution in [0.2, 0.25) is 0 Å². The summed E-state index contributed by atoms with van der Waals surface area (Å²) < 4.78 is 7.89. The largest absolute Gasteiger partial charge is 0.486 e. The van der Waals surface area contributed by atoms with Crippen LogP contribution in [0.1, 0.15) is 44.5 Å². The second-order valence-electron chi connectivity index (χ2n) is 6.04. The number of nitrogens with zero attached hydrogens (tertiary/aromatic N) is 2. The summed E-state index contributed by atoms with van der Waals surface area (Å²) >= 11 is 0. The van der Waals surface area contributed by atoms with Crippen molar-refractivity contribution < 1.29 is 9.53 Å². The van der Waals surface area contributed by atoms with Gasteiger partial charge in [-0.1, -0.05) is 6.92 Å². The maximum Gasteiger partial charge on any atom is 0.248 e. The van der Waals surface area contributed by atoms with Gasteiger partial charge in [-0.2, -0.15) is 0 Å². The van der Waals surface area contributed by atoms with Gasteiger partial charge in [0, 0.05) is 12.1 Å². The molecule has 2 rings (SSSR count). The molecule has 0 spiro atoms. The number of carbonyl (C=O) groups excluding carboxylic acids is 1. The maximum atomic E-state index is 11.5. The number of hydrogen-bond donors (Lipinski definition) is 2. The van der Waals surface area contributed by atoms with Crippen molar-refractivity contribution in [1.82, 2.24) is 9.55 Å². The Hall–Kier alpha value is -2.24. The number of primary amides is 1. The fourth-order valence-corrected chi connectivity index (χ4v) is 2.25. The molecular weight excluding hydrogens is 268 g/mol. The number of amides is 1. The van der Waals surface area contributed by atoms with E-state index in [1.54, 1.807) is 12.1 Å². The van der Waals surface area contributed by atoms with Gasteiger partial charge in [0.15, 0.2) is 0 Å². The van der Waals surface area contributed by atoms with Crippen molar-refractivity contribution in [1.29, 1.82) is 0 Å². The van der Waals surface area contributed by atoms with Gasteiger partial charge >= 0.3 is 0 Å². The zero-order valence-corrected chi connectivity index (χ0v) is 12.9. The van der Waals surface area contributed by atoms with Gasteiger partial charge in [0.05, 0.1) is 5.52 Å². The summed E-state index contributed by atoms with van der Waals surface area (Å²) in [6, 6.07) is 3.30. The highest BCUT2D eigenvalue weighted by atomic mass is 16.5. The molecule has 0 fully saturated rings. The second kappa shape index (κ2) is 5.27. The van der Waals surface area contributed by atoms with Gasteiger partial charge in [-0.05, 0) is 39.3 Å². The van der Waals surface area contributed by atoms with Crippen LogP contribution in [0.25, 0.3) is 11.0 Å². The first-order valence-corrected chi connectivity index (χ1v) is 7.01. The highest BCUT2D eigenvalue weighted by Gasteiger charge is 2.20. The van der Waals surface area contributed by atoms with Gasteiger partial charge in [0.25, 0.3) is 0 Å². The molecule has 6 nitrogen and oxygen atoms in total. The van der Waals surface area contributed by atoms with E-state index < -0.39 is 11.5 Å². The predicted molar refractivity (Wildman–Crippen MR) is 83.3 cm³/mol. The standard InChI is InChI=1S/C15H22N4O2/c1-5-6-19-12-10(18-14(19)17)7-9(13(16)20)8-11(12)21-15(2,3)4/h7-8H,5-6H2,1-4H3,(H2,16,20)(H2,17,18). The van der Waals surface area contributed by atoms with E-state index in [2.05, 4.69) is 11.9 Å². The van der Waals surface area contributed by atoms with E-state index in [1.165, 1.54) is 0 Å². The minimum absolute atomic E-state index is 0.364. The molecule has 0 radical (unpaired) electrons. The van der Waals surface area contributed by atoms with E-state index in [1.807, 2.05) is 25.3 Å². The van der Waals surface area contributed by atoms with Gasteiger partial charge < -0.3 is 20.8 Å². The summed E-state index contributed by atoms with van der Waals surface area (Å²) in [6.45, 7) is 8.63. The summed E-state index contributed by atoms with van der Waals surface area (Å²) in [5, 5.41) is 0. The quantitative estimate of drug-likeness (QED) is 0.903. The van der Waals surface area contributed by atoms with Crippen molar-refractivity contribution >= 4 is 22.9 Å². The summed E-state index contributed by atoms with van der Waals surface area (Å²) in [5.41, 5.74) is 12.7. The van der Waals surface area contributed by atoms with Crippen LogP contribution in [0.3, 0.4) is 0 Å². The monoisotopic (exact) mass is 290 g/mol. The second-order valence-corrected chi connectivity index (χ2v) is 6.04. The number of aromatic nitrogens is 2. The third kappa shape index (κ3) is 3.09. The number of ether oxygens (including phenoxy) is 1. The van der Waals surface area contributed by atoms with Gasteiger partial charge in [-0.3, -0.25) is 4.79 Å². The van der Waals surface area contributed by atoms with Gasteiger partial charge in [-0.15, -0.1) is 0 Å². The van der Waals surface area contributed by atoms with Crippen LogP contribution < -0.4 is 16.2 Å². The van der Waals surface area contributed by atoms with Crippen LogP contribution in [0, 0.1) is 0 Å². The number of benzene rings is 1. The van der Waals surface area contributed by atoms with Gasteiger partial charge in [0.2, 0.25) is 11.9 Å². The molecule has 0 aliphatic rings. The SMILES string of the molecule is CCCn1c(N)nc2cc(C(N)=O)cc(OC(C)(C)C)c21. The number of hydrogen-bond acceptors (Lipinski definition) is 4. The van der Waals surface area contributed by atoms with Crippen molar-refractivity contribution in [2.75, 3.05) is 5.73 Å². The average molecular weight is 290 g/mol. The Balaban J connectivity index is 2.72. The Morgan fingerprint density at radius 1 is 1.38 bits per heavy atom. The minimum atomic E-state index is -0.515.